The summed E-state index contributed by atoms with van der Waals surface area (Å²) in [6.07, 6.45) is 4.42. The summed E-state index contributed by atoms with van der Waals surface area (Å²) in [6.45, 7) is 0.630. The number of halogens is 1. The number of hydrogen-bond acceptors (Lipinski definition) is 5. The maximum atomic E-state index is 14.0. The van der Waals surface area contributed by atoms with Crippen molar-refractivity contribution in [3.63, 3.8) is 0 Å². The lowest BCUT2D eigenvalue weighted by Gasteiger charge is -2.36. The van der Waals surface area contributed by atoms with Gasteiger partial charge in [-0.3, -0.25) is 4.79 Å². The third-order valence-electron chi connectivity index (χ3n) is 5.74. The van der Waals surface area contributed by atoms with Crippen molar-refractivity contribution >= 4 is 11.9 Å². The molecular weight excluding hydrogens is 407 g/mol. The van der Waals surface area contributed by atoms with E-state index in [9.17, 15) is 9.18 Å². The molecule has 0 radical (unpaired) electrons. The Balaban J connectivity index is 1.80. The van der Waals surface area contributed by atoms with Gasteiger partial charge in [-0.2, -0.15) is 0 Å². The highest BCUT2D eigenvalue weighted by Crippen LogP contribution is 2.37. The molecule has 0 N–H and O–H groups in total. The van der Waals surface area contributed by atoms with E-state index in [1.807, 2.05) is 42.1 Å². The molecule has 0 aliphatic carbocycles. The molecule has 7 heteroatoms. The minimum atomic E-state index is -0.321. The topological polar surface area (TPSA) is 58.6 Å². The Morgan fingerprint density at radius 3 is 2.72 bits per heavy atom. The van der Waals surface area contributed by atoms with Crippen LogP contribution in [0.15, 0.2) is 54.7 Å². The summed E-state index contributed by atoms with van der Waals surface area (Å²) >= 11 is 0. The Labute approximate surface area is 187 Å². The smallest absolute Gasteiger partial charge is 0.254 e. The number of nitrogens with zero attached hydrogens (tertiary/aromatic N) is 4. The fourth-order valence-electron chi connectivity index (χ4n) is 4.11. The average molecular weight is 435 g/mol. The number of piperidine rings is 1. The molecule has 1 aliphatic rings. The molecule has 2 aromatic carbocycles. The maximum absolute atomic E-state index is 14.0. The van der Waals surface area contributed by atoms with Crippen LogP contribution in [0.3, 0.4) is 0 Å². The van der Waals surface area contributed by atoms with Gasteiger partial charge in [-0.05, 0) is 55.2 Å². The zero-order valence-electron chi connectivity index (χ0n) is 18.6. The first-order valence-corrected chi connectivity index (χ1v) is 10.7. The number of carbonyl (C=O) groups is 1. The van der Waals surface area contributed by atoms with Crippen LogP contribution in [0, 0.1) is 5.82 Å². The molecule has 4 rings (SSSR count). The molecule has 0 bridgehead atoms. The molecule has 1 fully saturated rings. The van der Waals surface area contributed by atoms with Crippen LogP contribution in [0.25, 0.3) is 11.1 Å². The second-order valence-corrected chi connectivity index (χ2v) is 8.12. The van der Waals surface area contributed by atoms with Crippen LogP contribution in [0.2, 0.25) is 0 Å². The fraction of sp³-hybridized carbons (Fsp3) is 0.320. The highest BCUT2D eigenvalue weighted by molar-refractivity contribution is 5.95. The predicted molar refractivity (Wildman–Crippen MR) is 122 cm³/mol. The molecular formula is C25H27FN4O2. The first kappa shape index (κ1) is 21.7. The third kappa shape index (κ3) is 4.42. The quantitative estimate of drug-likeness (QED) is 0.581. The first-order valence-electron chi connectivity index (χ1n) is 10.7. The zero-order valence-corrected chi connectivity index (χ0v) is 18.6. The molecule has 1 aromatic heterocycles. The number of anilines is 1. The Bertz CT molecular complexity index is 1120. The summed E-state index contributed by atoms with van der Waals surface area (Å²) < 4.78 is 19.3. The Morgan fingerprint density at radius 1 is 1.16 bits per heavy atom. The Hall–Kier alpha value is -3.48. The van der Waals surface area contributed by atoms with Gasteiger partial charge in [-0.25, -0.2) is 14.4 Å². The number of carbonyl (C=O) groups excluding carboxylic acids is 1. The summed E-state index contributed by atoms with van der Waals surface area (Å²) in [7, 11) is 5.34. The summed E-state index contributed by atoms with van der Waals surface area (Å²) in [5.74, 6) is 0.809. The van der Waals surface area contributed by atoms with Crippen LogP contribution >= 0.6 is 0 Å². The van der Waals surface area contributed by atoms with E-state index in [1.165, 1.54) is 12.1 Å². The second kappa shape index (κ2) is 9.34. The van der Waals surface area contributed by atoms with Crippen molar-refractivity contribution in [3.8, 4) is 16.9 Å². The van der Waals surface area contributed by atoms with Gasteiger partial charge < -0.3 is 14.5 Å². The van der Waals surface area contributed by atoms with Crippen molar-refractivity contribution < 1.29 is 13.9 Å². The number of hydrogen-bond donors (Lipinski definition) is 0. The summed E-state index contributed by atoms with van der Waals surface area (Å²) in [5, 5.41) is 0. The monoisotopic (exact) mass is 434 g/mol. The molecule has 1 saturated heterocycles. The molecule has 1 atom stereocenters. The van der Waals surface area contributed by atoms with E-state index in [0.717, 1.165) is 30.5 Å². The number of benzene rings is 2. The SMILES string of the molecule is COc1cccc(C(=O)N2CCCC[C@H]2c2nc(N(C)C)ncc2-c2cccc(F)c2)c1. The minimum absolute atomic E-state index is 0.0659. The van der Waals surface area contributed by atoms with Crippen molar-refractivity contribution in [1.82, 2.24) is 14.9 Å². The van der Waals surface area contributed by atoms with Crippen LogP contribution in [0.4, 0.5) is 10.3 Å². The zero-order chi connectivity index (χ0) is 22.7. The fourth-order valence-corrected chi connectivity index (χ4v) is 4.11. The Kier molecular flexibility index (Phi) is 6.35. The van der Waals surface area contributed by atoms with E-state index in [-0.39, 0.29) is 17.8 Å². The van der Waals surface area contributed by atoms with E-state index in [2.05, 4.69) is 4.98 Å². The van der Waals surface area contributed by atoms with Crippen LogP contribution < -0.4 is 9.64 Å². The van der Waals surface area contributed by atoms with E-state index < -0.39 is 0 Å². The normalized spacial score (nSPS) is 16.0. The van der Waals surface area contributed by atoms with Gasteiger partial charge in [0.05, 0.1) is 18.8 Å². The number of aromatic nitrogens is 2. The van der Waals surface area contributed by atoms with Crippen molar-refractivity contribution in [2.75, 3.05) is 32.6 Å². The molecule has 0 saturated carbocycles. The lowest BCUT2D eigenvalue weighted by atomic mass is 9.93. The standard InChI is InChI=1S/C25H27FN4O2/c1-29(2)25-27-16-21(17-8-6-10-19(26)14-17)23(28-25)22-12-4-5-13-30(22)24(31)18-9-7-11-20(15-18)32-3/h6-11,14-16,22H,4-5,12-13H2,1-3H3/t22-/m0/s1. The van der Waals surface area contributed by atoms with E-state index in [4.69, 9.17) is 9.72 Å². The summed E-state index contributed by atoms with van der Waals surface area (Å²) in [4.78, 5) is 26.5. The molecule has 32 heavy (non-hydrogen) atoms. The van der Waals surface area contributed by atoms with Crippen LogP contribution in [-0.2, 0) is 0 Å². The number of rotatable bonds is 5. The highest BCUT2D eigenvalue weighted by atomic mass is 19.1. The van der Waals surface area contributed by atoms with E-state index in [0.29, 0.717) is 29.4 Å². The molecule has 1 aliphatic heterocycles. The highest BCUT2D eigenvalue weighted by Gasteiger charge is 2.32. The number of ether oxygens (including phenoxy) is 1. The molecule has 0 unspecified atom stereocenters. The number of amides is 1. The van der Waals surface area contributed by atoms with Crippen molar-refractivity contribution in [3.05, 3.63) is 71.8 Å². The summed E-state index contributed by atoms with van der Waals surface area (Å²) in [5.41, 5.74) is 2.76. The first-order chi connectivity index (χ1) is 15.5. The van der Waals surface area contributed by atoms with Gasteiger partial charge in [0.25, 0.3) is 5.91 Å². The van der Waals surface area contributed by atoms with Gasteiger partial charge >= 0.3 is 0 Å². The predicted octanol–water partition coefficient (Wildman–Crippen LogP) is 4.72. The van der Waals surface area contributed by atoms with Gasteiger partial charge in [-0.1, -0.05) is 18.2 Å². The molecule has 0 spiro atoms. The lowest BCUT2D eigenvalue weighted by molar-refractivity contribution is 0.0606. The molecule has 3 aromatic rings. The van der Waals surface area contributed by atoms with Crippen LogP contribution in [0.5, 0.6) is 5.75 Å². The maximum Gasteiger partial charge on any atom is 0.254 e. The van der Waals surface area contributed by atoms with Gasteiger partial charge in [-0.15, -0.1) is 0 Å². The van der Waals surface area contributed by atoms with Crippen LogP contribution in [0.1, 0.15) is 41.4 Å². The molecule has 1 amide bonds. The van der Waals surface area contributed by atoms with Gasteiger partial charge in [0.2, 0.25) is 5.95 Å². The Morgan fingerprint density at radius 2 is 1.97 bits per heavy atom. The molecule has 166 valence electrons. The largest absolute Gasteiger partial charge is 0.497 e. The molecule has 2 heterocycles. The van der Waals surface area contributed by atoms with Crippen molar-refractivity contribution in [2.24, 2.45) is 0 Å². The number of likely N-dealkylation sites (tertiary alicyclic amines) is 1. The summed E-state index contributed by atoms with van der Waals surface area (Å²) in [6, 6.07) is 13.4. The lowest BCUT2D eigenvalue weighted by Crippen LogP contribution is -2.39. The molecule has 6 nitrogen and oxygen atoms in total. The average Bonchev–Trinajstić information content (AvgIpc) is 2.83. The van der Waals surface area contributed by atoms with Gasteiger partial charge in [0.15, 0.2) is 0 Å². The van der Waals surface area contributed by atoms with Crippen molar-refractivity contribution in [1.29, 1.82) is 0 Å². The second-order valence-electron chi connectivity index (χ2n) is 8.12. The van der Waals surface area contributed by atoms with Gasteiger partial charge in [0.1, 0.15) is 11.6 Å². The van der Waals surface area contributed by atoms with Crippen LogP contribution in [-0.4, -0.2) is 48.5 Å². The third-order valence-corrected chi connectivity index (χ3v) is 5.74. The number of methoxy groups -OCH3 is 1. The van der Waals surface area contributed by atoms with E-state index in [1.54, 1.807) is 31.5 Å². The van der Waals surface area contributed by atoms with E-state index >= 15 is 0 Å². The van der Waals surface area contributed by atoms with Gasteiger partial charge in [0, 0.05) is 38.0 Å². The minimum Gasteiger partial charge on any atom is -0.497 e. The van der Waals surface area contributed by atoms with Crippen molar-refractivity contribution in [2.45, 2.75) is 25.3 Å².